The largest absolute Gasteiger partial charge is 0.350 e. The highest BCUT2D eigenvalue weighted by Gasteiger charge is 2.34. The maximum absolute atomic E-state index is 12.4. The molecule has 1 heterocycles. The highest BCUT2D eigenvalue weighted by atomic mass is 79.9. The average molecular weight is 391 g/mol. The summed E-state index contributed by atoms with van der Waals surface area (Å²) < 4.78 is 0.940. The summed E-state index contributed by atoms with van der Waals surface area (Å²) >= 11 is 3.36. The lowest BCUT2D eigenvalue weighted by molar-refractivity contribution is -0.129. The molecule has 5 nitrogen and oxygen atoms in total. The molecule has 0 radical (unpaired) electrons. The summed E-state index contributed by atoms with van der Waals surface area (Å²) in [5.74, 6) is -0.185. The Morgan fingerprint density at radius 2 is 1.95 bits per heavy atom. The molecule has 0 saturated carbocycles. The zero-order valence-electron chi connectivity index (χ0n) is 12.6. The Morgan fingerprint density at radius 1 is 1.36 bits per heavy atom. The number of halogens is 2. The van der Waals surface area contributed by atoms with Gasteiger partial charge in [0, 0.05) is 30.5 Å². The molecule has 7 heteroatoms. The standard InChI is InChI=1S/C15H20BrN3O2.ClH/c1-10(20)19-8-7-13(9-19)18-14(21)15(2,17)11-3-5-12(16)6-4-11;/h3-6,13H,7-9,17H2,1-2H3,(H,18,21);1H. The van der Waals surface area contributed by atoms with Gasteiger partial charge in [-0.25, -0.2) is 0 Å². The van der Waals surface area contributed by atoms with E-state index in [1.54, 1.807) is 18.7 Å². The summed E-state index contributed by atoms with van der Waals surface area (Å²) in [5.41, 5.74) is 5.86. The van der Waals surface area contributed by atoms with Crippen LogP contribution in [-0.4, -0.2) is 35.8 Å². The first-order valence-corrected chi connectivity index (χ1v) is 7.71. The molecule has 22 heavy (non-hydrogen) atoms. The first-order valence-electron chi connectivity index (χ1n) is 6.92. The number of carbonyl (C=O) groups is 2. The van der Waals surface area contributed by atoms with Gasteiger partial charge in [-0.05, 0) is 31.0 Å². The molecule has 2 unspecified atom stereocenters. The molecule has 1 aliphatic heterocycles. The second-order valence-electron chi connectivity index (χ2n) is 5.63. The van der Waals surface area contributed by atoms with E-state index in [-0.39, 0.29) is 30.3 Å². The third-order valence-corrected chi connectivity index (χ3v) is 4.41. The summed E-state index contributed by atoms with van der Waals surface area (Å²) in [7, 11) is 0. The minimum absolute atomic E-state index is 0. The summed E-state index contributed by atoms with van der Waals surface area (Å²) in [5, 5.41) is 2.95. The smallest absolute Gasteiger partial charge is 0.244 e. The molecule has 1 aromatic rings. The number of likely N-dealkylation sites (tertiary alicyclic amines) is 1. The maximum atomic E-state index is 12.4. The summed E-state index contributed by atoms with van der Waals surface area (Å²) in [6.07, 6.45) is 0.766. The molecule has 3 N–H and O–H groups in total. The van der Waals surface area contributed by atoms with Gasteiger partial charge < -0.3 is 16.0 Å². The third kappa shape index (κ3) is 4.21. The fraction of sp³-hybridized carbons (Fsp3) is 0.467. The fourth-order valence-corrected chi connectivity index (χ4v) is 2.69. The zero-order valence-corrected chi connectivity index (χ0v) is 15.0. The van der Waals surface area contributed by atoms with E-state index >= 15 is 0 Å². The van der Waals surface area contributed by atoms with Crippen molar-refractivity contribution >= 4 is 40.2 Å². The van der Waals surface area contributed by atoms with Gasteiger partial charge in [-0.3, -0.25) is 9.59 Å². The average Bonchev–Trinajstić information content (AvgIpc) is 2.88. The molecule has 1 saturated heterocycles. The first-order chi connectivity index (χ1) is 9.80. The second-order valence-corrected chi connectivity index (χ2v) is 6.55. The van der Waals surface area contributed by atoms with Crippen molar-refractivity contribution in [3.05, 3.63) is 34.3 Å². The molecule has 0 bridgehead atoms. The molecule has 2 atom stereocenters. The Kier molecular flexibility index (Phi) is 6.40. The Balaban J connectivity index is 0.00000242. The molecule has 1 aliphatic rings. The van der Waals surface area contributed by atoms with Crippen molar-refractivity contribution in [2.45, 2.75) is 31.8 Å². The van der Waals surface area contributed by atoms with Crippen molar-refractivity contribution in [1.82, 2.24) is 10.2 Å². The quantitative estimate of drug-likeness (QED) is 0.826. The van der Waals surface area contributed by atoms with E-state index in [9.17, 15) is 9.59 Å². The molecule has 0 spiro atoms. The van der Waals surface area contributed by atoms with Gasteiger partial charge in [0.25, 0.3) is 0 Å². The summed E-state index contributed by atoms with van der Waals surface area (Å²) in [6, 6.07) is 7.36. The van der Waals surface area contributed by atoms with Crippen LogP contribution < -0.4 is 11.1 Å². The van der Waals surface area contributed by atoms with Gasteiger partial charge in [0.15, 0.2) is 0 Å². The van der Waals surface area contributed by atoms with Gasteiger partial charge in [-0.2, -0.15) is 0 Å². The van der Waals surface area contributed by atoms with E-state index in [2.05, 4.69) is 21.2 Å². The monoisotopic (exact) mass is 389 g/mol. The molecular formula is C15H21BrClN3O2. The molecule has 1 fully saturated rings. The van der Waals surface area contributed by atoms with Crippen LogP contribution in [0.4, 0.5) is 0 Å². The number of hydrogen-bond acceptors (Lipinski definition) is 3. The van der Waals surface area contributed by atoms with E-state index in [1.165, 1.54) is 0 Å². The third-order valence-electron chi connectivity index (χ3n) is 3.88. The Morgan fingerprint density at radius 3 is 2.45 bits per heavy atom. The van der Waals surface area contributed by atoms with Crippen LogP contribution >= 0.6 is 28.3 Å². The lowest BCUT2D eigenvalue weighted by atomic mass is 9.92. The lowest BCUT2D eigenvalue weighted by Gasteiger charge is -2.26. The number of nitrogens with zero attached hydrogens (tertiary/aromatic N) is 1. The fourth-order valence-electron chi connectivity index (χ4n) is 2.43. The number of amides is 2. The molecule has 0 aromatic heterocycles. The van der Waals surface area contributed by atoms with Gasteiger partial charge in [0.1, 0.15) is 5.54 Å². The van der Waals surface area contributed by atoms with Crippen molar-refractivity contribution in [2.24, 2.45) is 5.73 Å². The first kappa shape index (κ1) is 18.9. The number of hydrogen-bond donors (Lipinski definition) is 2. The van der Waals surface area contributed by atoms with Crippen LogP contribution in [-0.2, 0) is 15.1 Å². The number of benzene rings is 1. The van der Waals surface area contributed by atoms with Gasteiger partial charge in [-0.15, -0.1) is 12.4 Å². The normalized spacial score (nSPS) is 20.0. The van der Waals surface area contributed by atoms with E-state index < -0.39 is 5.54 Å². The number of carbonyl (C=O) groups excluding carboxylic acids is 2. The SMILES string of the molecule is CC(=O)N1CCC(NC(=O)C(C)(N)c2ccc(Br)cc2)C1.Cl. The summed E-state index contributed by atoms with van der Waals surface area (Å²) in [6.45, 7) is 4.47. The molecule has 2 amide bonds. The van der Waals surface area contributed by atoms with Gasteiger partial charge in [0.05, 0.1) is 0 Å². The Labute approximate surface area is 145 Å². The number of nitrogens with two attached hydrogens (primary N) is 1. The second kappa shape index (κ2) is 7.44. The molecule has 1 aromatic carbocycles. The predicted molar refractivity (Wildman–Crippen MR) is 91.7 cm³/mol. The van der Waals surface area contributed by atoms with Crippen LogP contribution in [0.15, 0.2) is 28.7 Å². The van der Waals surface area contributed by atoms with Crippen LogP contribution in [0.3, 0.4) is 0 Å². The minimum atomic E-state index is -1.09. The molecule has 0 aliphatic carbocycles. The van der Waals surface area contributed by atoms with Crippen molar-refractivity contribution < 1.29 is 9.59 Å². The van der Waals surface area contributed by atoms with Crippen LogP contribution in [0.5, 0.6) is 0 Å². The molecule has 2 rings (SSSR count). The predicted octanol–water partition coefficient (Wildman–Crippen LogP) is 1.78. The van der Waals surface area contributed by atoms with E-state index in [1.807, 2.05) is 24.3 Å². The minimum Gasteiger partial charge on any atom is -0.350 e. The van der Waals surface area contributed by atoms with Crippen LogP contribution in [0.2, 0.25) is 0 Å². The lowest BCUT2D eigenvalue weighted by Crippen LogP contribution is -2.52. The highest BCUT2D eigenvalue weighted by Crippen LogP contribution is 2.21. The Hall–Kier alpha value is -1.11. The van der Waals surface area contributed by atoms with Gasteiger partial charge >= 0.3 is 0 Å². The van der Waals surface area contributed by atoms with E-state index in [0.717, 1.165) is 16.5 Å². The van der Waals surface area contributed by atoms with E-state index in [4.69, 9.17) is 5.73 Å². The molecule has 122 valence electrons. The number of nitrogens with one attached hydrogen (secondary N) is 1. The molecular weight excluding hydrogens is 370 g/mol. The van der Waals surface area contributed by atoms with Crippen LogP contribution in [0.25, 0.3) is 0 Å². The maximum Gasteiger partial charge on any atom is 0.244 e. The van der Waals surface area contributed by atoms with Crippen molar-refractivity contribution in [2.75, 3.05) is 13.1 Å². The van der Waals surface area contributed by atoms with Gasteiger partial charge in [-0.1, -0.05) is 28.1 Å². The number of rotatable bonds is 3. The topological polar surface area (TPSA) is 75.4 Å². The Bertz CT molecular complexity index is 548. The summed E-state index contributed by atoms with van der Waals surface area (Å²) in [4.78, 5) is 25.5. The zero-order chi connectivity index (χ0) is 15.6. The van der Waals surface area contributed by atoms with Crippen molar-refractivity contribution in [1.29, 1.82) is 0 Å². The van der Waals surface area contributed by atoms with Crippen molar-refractivity contribution in [3.8, 4) is 0 Å². The highest BCUT2D eigenvalue weighted by molar-refractivity contribution is 9.10. The van der Waals surface area contributed by atoms with Crippen LogP contribution in [0.1, 0.15) is 25.8 Å². The van der Waals surface area contributed by atoms with Gasteiger partial charge in [0.2, 0.25) is 11.8 Å². The van der Waals surface area contributed by atoms with Crippen LogP contribution in [0, 0.1) is 0 Å². The van der Waals surface area contributed by atoms with Crippen molar-refractivity contribution in [3.63, 3.8) is 0 Å². The van der Waals surface area contributed by atoms with E-state index in [0.29, 0.717) is 13.1 Å².